The van der Waals surface area contributed by atoms with Gasteiger partial charge in [0.2, 0.25) is 0 Å². The van der Waals surface area contributed by atoms with Crippen LogP contribution in [0, 0.1) is 0 Å². The standard InChI is InChI=1S/C24H24N2OS/c27-24(25-20-12-14-21(15-13-20)26-16-6-7-17-26)22-10-4-5-11-23(22)28-18-19-8-2-1-3-9-19/h1-5,8-15H,6-7,16-18H2,(H,25,27). The number of nitrogens with one attached hydrogen (secondary N) is 1. The Morgan fingerprint density at radius 2 is 1.54 bits per heavy atom. The van der Waals surface area contributed by atoms with Crippen LogP contribution in [-0.2, 0) is 5.75 Å². The monoisotopic (exact) mass is 388 g/mol. The van der Waals surface area contributed by atoms with Gasteiger partial charge < -0.3 is 10.2 Å². The second-order valence-corrected chi connectivity index (χ2v) is 7.98. The van der Waals surface area contributed by atoms with Crippen molar-refractivity contribution in [3.63, 3.8) is 0 Å². The third-order valence-electron chi connectivity index (χ3n) is 4.97. The van der Waals surface area contributed by atoms with Crippen molar-refractivity contribution < 1.29 is 4.79 Å². The highest BCUT2D eigenvalue weighted by atomic mass is 32.2. The zero-order valence-corrected chi connectivity index (χ0v) is 16.6. The Morgan fingerprint density at radius 3 is 2.29 bits per heavy atom. The molecule has 3 nitrogen and oxygen atoms in total. The van der Waals surface area contributed by atoms with E-state index in [1.54, 1.807) is 11.8 Å². The maximum Gasteiger partial charge on any atom is 0.256 e. The quantitative estimate of drug-likeness (QED) is 0.539. The van der Waals surface area contributed by atoms with E-state index in [9.17, 15) is 4.79 Å². The number of nitrogens with zero attached hydrogens (tertiary/aromatic N) is 1. The predicted molar refractivity (Wildman–Crippen MR) is 118 cm³/mol. The van der Waals surface area contributed by atoms with Crippen molar-refractivity contribution >= 4 is 29.0 Å². The second kappa shape index (κ2) is 8.98. The average Bonchev–Trinajstić information content (AvgIpc) is 3.29. The summed E-state index contributed by atoms with van der Waals surface area (Å²) < 4.78 is 0. The molecule has 1 saturated heterocycles. The Balaban J connectivity index is 1.43. The Kier molecular flexibility index (Phi) is 5.98. The number of benzene rings is 3. The van der Waals surface area contributed by atoms with E-state index in [-0.39, 0.29) is 5.91 Å². The van der Waals surface area contributed by atoms with Gasteiger partial charge in [0.1, 0.15) is 0 Å². The lowest BCUT2D eigenvalue weighted by molar-refractivity contribution is 0.102. The topological polar surface area (TPSA) is 32.3 Å². The van der Waals surface area contributed by atoms with Gasteiger partial charge in [0, 0.05) is 35.1 Å². The van der Waals surface area contributed by atoms with Gasteiger partial charge in [-0.1, -0.05) is 42.5 Å². The minimum atomic E-state index is -0.0647. The van der Waals surface area contributed by atoms with Gasteiger partial charge in [-0.2, -0.15) is 0 Å². The van der Waals surface area contributed by atoms with Crippen molar-refractivity contribution in [1.82, 2.24) is 0 Å². The number of rotatable bonds is 6. The first-order chi connectivity index (χ1) is 13.8. The molecule has 0 unspecified atom stereocenters. The van der Waals surface area contributed by atoms with Crippen molar-refractivity contribution in [2.24, 2.45) is 0 Å². The van der Waals surface area contributed by atoms with Crippen LogP contribution in [0.4, 0.5) is 11.4 Å². The molecule has 1 amide bonds. The zero-order valence-electron chi connectivity index (χ0n) is 15.8. The number of carbonyl (C=O) groups excluding carboxylic acids is 1. The van der Waals surface area contributed by atoms with Gasteiger partial charge in [-0.3, -0.25) is 4.79 Å². The van der Waals surface area contributed by atoms with Gasteiger partial charge in [-0.05, 0) is 54.8 Å². The molecule has 28 heavy (non-hydrogen) atoms. The van der Waals surface area contributed by atoms with Gasteiger partial charge in [0.15, 0.2) is 0 Å². The van der Waals surface area contributed by atoms with Gasteiger partial charge in [0.25, 0.3) is 5.91 Å². The minimum Gasteiger partial charge on any atom is -0.372 e. The van der Waals surface area contributed by atoms with Crippen LogP contribution in [0.2, 0.25) is 0 Å². The normalized spacial score (nSPS) is 13.5. The molecule has 1 aliphatic rings. The van der Waals surface area contributed by atoms with Gasteiger partial charge in [-0.25, -0.2) is 0 Å². The predicted octanol–water partition coefficient (Wildman–Crippen LogP) is 5.83. The number of hydrogen-bond acceptors (Lipinski definition) is 3. The molecule has 142 valence electrons. The van der Waals surface area contributed by atoms with E-state index in [0.717, 1.165) is 29.4 Å². The van der Waals surface area contributed by atoms with Crippen molar-refractivity contribution in [1.29, 1.82) is 0 Å². The first-order valence-electron chi connectivity index (χ1n) is 9.72. The Morgan fingerprint density at radius 1 is 0.857 bits per heavy atom. The third kappa shape index (κ3) is 4.57. The van der Waals surface area contributed by atoms with Crippen LogP contribution < -0.4 is 10.2 Å². The van der Waals surface area contributed by atoms with Crippen LogP contribution in [0.5, 0.6) is 0 Å². The molecule has 4 heteroatoms. The van der Waals surface area contributed by atoms with E-state index < -0.39 is 0 Å². The fourth-order valence-corrected chi connectivity index (χ4v) is 4.45. The summed E-state index contributed by atoms with van der Waals surface area (Å²) in [4.78, 5) is 16.2. The van der Waals surface area contributed by atoms with Crippen molar-refractivity contribution in [2.75, 3.05) is 23.3 Å². The number of thioether (sulfide) groups is 1. The third-order valence-corrected chi connectivity index (χ3v) is 6.11. The fourth-order valence-electron chi connectivity index (χ4n) is 3.44. The Bertz CT molecular complexity index is 919. The van der Waals surface area contributed by atoms with Crippen molar-refractivity contribution in [3.8, 4) is 0 Å². The van der Waals surface area contributed by atoms with Crippen LogP contribution in [0.15, 0.2) is 83.8 Å². The Hall–Kier alpha value is -2.72. The van der Waals surface area contributed by atoms with Gasteiger partial charge in [-0.15, -0.1) is 11.8 Å². The first-order valence-corrected chi connectivity index (χ1v) is 10.7. The molecule has 1 fully saturated rings. The molecule has 0 aromatic heterocycles. The summed E-state index contributed by atoms with van der Waals surface area (Å²) >= 11 is 1.69. The lowest BCUT2D eigenvalue weighted by Crippen LogP contribution is -2.17. The smallest absolute Gasteiger partial charge is 0.256 e. The molecule has 3 aromatic carbocycles. The summed E-state index contributed by atoms with van der Waals surface area (Å²) in [6.45, 7) is 2.25. The van der Waals surface area contributed by atoms with Gasteiger partial charge >= 0.3 is 0 Å². The van der Waals surface area contributed by atoms with Crippen molar-refractivity contribution in [2.45, 2.75) is 23.5 Å². The molecule has 4 rings (SSSR count). The molecule has 0 radical (unpaired) electrons. The minimum absolute atomic E-state index is 0.0647. The lowest BCUT2D eigenvalue weighted by Gasteiger charge is -2.18. The molecule has 0 aliphatic carbocycles. The summed E-state index contributed by atoms with van der Waals surface area (Å²) in [5.41, 5.74) is 4.03. The zero-order chi connectivity index (χ0) is 19.2. The highest BCUT2D eigenvalue weighted by molar-refractivity contribution is 7.98. The average molecular weight is 389 g/mol. The number of carbonyl (C=O) groups is 1. The van der Waals surface area contributed by atoms with E-state index in [1.807, 2.05) is 54.6 Å². The van der Waals surface area contributed by atoms with Crippen LogP contribution in [0.3, 0.4) is 0 Å². The highest BCUT2D eigenvalue weighted by Gasteiger charge is 2.14. The molecule has 1 aliphatic heterocycles. The summed E-state index contributed by atoms with van der Waals surface area (Å²) in [6, 6.07) is 26.3. The van der Waals surface area contributed by atoms with E-state index in [0.29, 0.717) is 5.56 Å². The lowest BCUT2D eigenvalue weighted by atomic mass is 10.2. The second-order valence-electron chi connectivity index (χ2n) is 6.97. The maximum absolute atomic E-state index is 12.9. The van der Waals surface area contributed by atoms with E-state index in [4.69, 9.17) is 0 Å². The number of hydrogen-bond donors (Lipinski definition) is 1. The fraction of sp³-hybridized carbons (Fsp3) is 0.208. The summed E-state index contributed by atoms with van der Waals surface area (Å²) in [5, 5.41) is 3.04. The molecule has 0 saturated carbocycles. The SMILES string of the molecule is O=C(Nc1ccc(N2CCCC2)cc1)c1ccccc1SCc1ccccc1. The molecular weight excluding hydrogens is 364 g/mol. The first kappa shape index (κ1) is 18.6. The molecule has 0 spiro atoms. The molecule has 0 atom stereocenters. The molecule has 1 N–H and O–H groups in total. The summed E-state index contributed by atoms with van der Waals surface area (Å²) in [7, 11) is 0. The molecule has 3 aromatic rings. The number of anilines is 2. The molecular formula is C24H24N2OS. The van der Waals surface area contributed by atoms with Gasteiger partial charge in [0.05, 0.1) is 5.56 Å². The van der Waals surface area contributed by atoms with E-state index in [1.165, 1.54) is 24.1 Å². The van der Waals surface area contributed by atoms with Crippen LogP contribution in [0.25, 0.3) is 0 Å². The Labute approximate surface area is 170 Å². The highest BCUT2D eigenvalue weighted by Crippen LogP contribution is 2.27. The van der Waals surface area contributed by atoms with Crippen LogP contribution >= 0.6 is 11.8 Å². The molecule has 0 bridgehead atoms. The van der Waals surface area contributed by atoms with E-state index >= 15 is 0 Å². The molecule has 1 heterocycles. The van der Waals surface area contributed by atoms with Crippen molar-refractivity contribution in [3.05, 3.63) is 90.0 Å². The summed E-state index contributed by atoms with van der Waals surface area (Å²) in [6.07, 6.45) is 2.52. The maximum atomic E-state index is 12.9. The number of amides is 1. The van der Waals surface area contributed by atoms with E-state index in [2.05, 4.69) is 34.5 Å². The van der Waals surface area contributed by atoms with Crippen LogP contribution in [0.1, 0.15) is 28.8 Å². The largest absolute Gasteiger partial charge is 0.372 e. The summed E-state index contributed by atoms with van der Waals surface area (Å²) in [5.74, 6) is 0.778. The van der Waals surface area contributed by atoms with Crippen LogP contribution in [-0.4, -0.2) is 19.0 Å².